The highest BCUT2D eigenvalue weighted by Crippen LogP contribution is 2.44. The Kier molecular flexibility index (Phi) is 6.42. The Bertz CT molecular complexity index is 3190. The van der Waals surface area contributed by atoms with E-state index in [0.717, 1.165) is 76.6 Å². The first-order chi connectivity index (χ1) is 25.7. The minimum absolute atomic E-state index is 0.680. The molecule has 3 nitrogen and oxygen atoms in total. The number of benzene rings is 8. The molecule has 0 spiro atoms. The smallest absolute Gasteiger partial charge is 0.161 e. The van der Waals surface area contributed by atoms with Crippen LogP contribution in [0.4, 0.5) is 0 Å². The van der Waals surface area contributed by atoms with Gasteiger partial charge in [0.1, 0.15) is 11.2 Å². The monoisotopic (exact) mass is 680 g/mol. The van der Waals surface area contributed by atoms with Crippen molar-refractivity contribution in [2.45, 2.75) is 0 Å². The molecule has 0 aliphatic rings. The van der Waals surface area contributed by atoms with Crippen LogP contribution in [-0.4, -0.2) is 9.97 Å². The zero-order valence-electron chi connectivity index (χ0n) is 27.9. The molecule has 0 amide bonds. The third kappa shape index (κ3) is 4.65. The zero-order chi connectivity index (χ0) is 34.2. The SMILES string of the molecule is c1ccc(-c2ccc3oc4cc(-c5ccc6ccccc6c5)cc(-c5nc(-c6ccc7ccccc7c6)c6sc7ccccc7c6n5)c4c3c2)cc1. The van der Waals surface area contributed by atoms with E-state index in [2.05, 4.69) is 170 Å². The van der Waals surface area contributed by atoms with Crippen LogP contribution in [0.3, 0.4) is 0 Å². The van der Waals surface area contributed by atoms with E-state index in [1.165, 1.54) is 26.2 Å². The van der Waals surface area contributed by atoms with E-state index in [0.29, 0.717) is 5.82 Å². The minimum Gasteiger partial charge on any atom is -0.456 e. The van der Waals surface area contributed by atoms with Crippen molar-refractivity contribution in [1.29, 1.82) is 0 Å². The van der Waals surface area contributed by atoms with Crippen molar-refractivity contribution in [2.75, 3.05) is 0 Å². The maximum absolute atomic E-state index is 6.71. The maximum atomic E-state index is 6.71. The number of rotatable bonds is 4. The van der Waals surface area contributed by atoms with Crippen molar-refractivity contribution >= 4 is 75.1 Å². The van der Waals surface area contributed by atoms with Crippen LogP contribution >= 0.6 is 11.3 Å². The number of furan rings is 1. The third-order valence-electron chi connectivity index (χ3n) is 10.2. The summed E-state index contributed by atoms with van der Waals surface area (Å²) in [5.74, 6) is 0.680. The van der Waals surface area contributed by atoms with Crippen molar-refractivity contribution in [3.63, 3.8) is 0 Å². The number of hydrogen-bond donors (Lipinski definition) is 0. The largest absolute Gasteiger partial charge is 0.456 e. The summed E-state index contributed by atoms with van der Waals surface area (Å²) in [6.07, 6.45) is 0. The highest BCUT2D eigenvalue weighted by molar-refractivity contribution is 7.26. The molecule has 52 heavy (non-hydrogen) atoms. The molecule has 0 saturated carbocycles. The molecule has 0 saturated heterocycles. The molecule has 0 N–H and O–H groups in total. The van der Waals surface area contributed by atoms with Crippen molar-refractivity contribution in [1.82, 2.24) is 9.97 Å². The molecule has 0 unspecified atom stereocenters. The topological polar surface area (TPSA) is 38.9 Å². The summed E-state index contributed by atoms with van der Waals surface area (Å²) in [5, 5.41) is 7.99. The Morgan fingerprint density at radius 2 is 1.08 bits per heavy atom. The minimum atomic E-state index is 0.680. The normalized spacial score (nSPS) is 11.8. The Morgan fingerprint density at radius 3 is 1.88 bits per heavy atom. The fraction of sp³-hybridized carbons (Fsp3) is 0. The van der Waals surface area contributed by atoms with Gasteiger partial charge in [0.15, 0.2) is 5.82 Å². The highest BCUT2D eigenvalue weighted by atomic mass is 32.1. The van der Waals surface area contributed by atoms with E-state index in [1.807, 2.05) is 0 Å². The lowest BCUT2D eigenvalue weighted by Crippen LogP contribution is -1.95. The lowest BCUT2D eigenvalue weighted by atomic mass is 9.95. The molecule has 3 aromatic heterocycles. The van der Waals surface area contributed by atoms with Crippen molar-refractivity contribution in [3.8, 4) is 44.9 Å². The van der Waals surface area contributed by atoms with Gasteiger partial charge >= 0.3 is 0 Å². The second kappa shape index (κ2) is 11.5. The molecule has 11 rings (SSSR count). The van der Waals surface area contributed by atoms with Gasteiger partial charge in [-0.3, -0.25) is 0 Å². The fourth-order valence-electron chi connectivity index (χ4n) is 7.67. The summed E-state index contributed by atoms with van der Waals surface area (Å²) >= 11 is 1.76. The molecular weight excluding hydrogens is 653 g/mol. The summed E-state index contributed by atoms with van der Waals surface area (Å²) in [6, 6.07) is 60.3. The molecule has 242 valence electrons. The summed E-state index contributed by atoms with van der Waals surface area (Å²) in [6.45, 7) is 0. The van der Waals surface area contributed by atoms with Crippen LogP contribution in [-0.2, 0) is 0 Å². The van der Waals surface area contributed by atoms with E-state index in [9.17, 15) is 0 Å². The predicted molar refractivity (Wildman–Crippen MR) is 219 cm³/mol. The Balaban J connectivity index is 1.24. The Labute approximate surface area is 303 Å². The summed E-state index contributed by atoms with van der Waals surface area (Å²) in [7, 11) is 0. The second-order valence-electron chi connectivity index (χ2n) is 13.4. The summed E-state index contributed by atoms with van der Waals surface area (Å²) < 4.78 is 8.99. The van der Waals surface area contributed by atoms with Gasteiger partial charge in [-0.25, -0.2) is 9.97 Å². The van der Waals surface area contributed by atoms with Gasteiger partial charge in [-0.2, -0.15) is 0 Å². The van der Waals surface area contributed by atoms with Crippen molar-refractivity contribution in [3.05, 3.63) is 170 Å². The molecule has 0 aliphatic heterocycles. The molecule has 0 radical (unpaired) electrons. The molecule has 0 fully saturated rings. The molecular formula is C48H28N2OS. The van der Waals surface area contributed by atoms with Crippen LogP contribution in [0.5, 0.6) is 0 Å². The number of hydrogen-bond acceptors (Lipinski definition) is 4. The summed E-state index contributed by atoms with van der Waals surface area (Å²) in [5.41, 5.74) is 10.0. The second-order valence-corrected chi connectivity index (χ2v) is 14.4. The van der Waals surface area contributed by atoms with Gasteiger partial charge in [-0.15, -0.1) is 11.3 Å². The van der Waals surface area contributed by atoms with Gasteiger partial charge in [0, 0.05) is 32.0 Å². The first kappa shape index (κ1) is 29.1. The van der Waals surface area contributed by atoms with Crippen LogP contribution in [0.1, 0.15) is 0 Å². The average Bonchev–Trinajstić information content (AvgIpc) is 3.78. The molecule has 0 aliphatic carbocycles. The summed E-state index contributed by atoms with van der Waals surface area (Å²) in [4.78, 5) is 10.9. The molecule has 11 aromatic rings. The quantitative estimate of drug-likeness (QED) is 0.186. The van der Waals surface area contributed by atoms with Crippen LogP contribution in [0.15, 0.2) is 174 Å². The van der Waals surface area contributed by atoms with Crippen LogP contribution in [0, 0.1) is 0 Å². The molecule has 4 heteroatoms. The lowest BCUT2D eigenvalue weighted by molar-refractivity contribution is 0.669. The number of fused-ring (bicyclic) bond motifs is 8. The van der Waals surface area contributed by atoms with Gasteiger partial charge in [0.25, 0.3) is 0 Å². The van der Waals surface area contributed by atoms with Crippen LogP contribution in [0.25, 0.3) is 109 Å². The van der Waals surface area contributed by atoms with Crippen LogP contribution < -0.4 is 0 Å². The van der Waals surface area contributed by atoms with E-state index < -0.39 is 0 Å². The maximum Gasteiger partial charge on any atom is 0.161 e. The fourth-order valence-corrected chi connectivity index (χ4v) is 8.83. The van der Waals surface area contributed by atoms with Gasteiger partial charge in [-0.1, -0.05) is 127 Å². The number of thiophene rings is 1. The van der Waals surface area contributed by atoms with E-state index in [4.69, 9.17) is 14.4 Å². The average molecular weight is 681 g/mol. The van der Waals surface area contributed by atoms with Gasteiger partial charge < -0.3 is 4.42 Å². The first-order valence-electron chi connectivity index (χ1n) is 17.5. The van der Waals surface area contributed by atoms with Gasteiger partial charge in [0.2, 0.25) is 0 Å². The predicted octanol–water partition coefficient (Wildman–Crippen LogP) is 13.7. The Hall–Kier alpha value is -6.62. The molecule has 8 aromatic carbocycles. The lowest BCUT2D eigenvalue weighted by Gasteiger charge is -2.11. The van der Waals surface area contributed by atoms with E-state index in [1.54, 1.807) is 11.3 Å². The zero-order valence-corrected chi connectivity index (χ0v) is 28.7. The standard InChI is InChI=1S/C48H28N2OS/c1-2-10-29(11-3-1)35-22-23-41-39(26-35)44-40(27-37(28-42(44)51-41)34-20-18-30-12-4-6-14-32(30)24-34)48-49-45(36-21-19-31-13-5-7-15-33(31)25-36)47-46(50-48)38-16-8-9-17-43(38)52-47/h1-28H. The molecule has 0 atom stereocenters. The van der Waals surface area contributed by atoms with Gasteiger partial charge in [-0.05, 0) is 86.3 Å². The van der Waals surface area contributed by atoms with Gasteiger partial charge in [0.05, 0.1) is 15.9 Å². The first-order valence-corrected chi connectivity index (χ1v) is 18.3. The Morgan fingerprint density at radius 1 is 0.423 bits per heavy atom. The van der Waals surface area contributed by atoms with Crippen molar-refractivity contribution < 1.29 is 4.42 Å². The third-order valence-corrected chi connectivity index (χ3v) is 11.4. The molecule has 3 heterocycles. The highest BCUT2D eigenvalue weighted by Gasteiger charge is 2.22. The van der Waals surface area contributed by atoms with Crippen molar-refractivity contribution in [2.24, 2.45) is 0 Å². The number of aromatic nitrogens is 2. The number of nitrogens with zero attached hydrogens (tertiary/aromatic N) is 2. The van der Waals surface area contributed by atoms with Crippen LogP contribution in [0.2, 0.25) is 0 Å². The van der Waals surface area contributed by atoms with E-state index >= 15 is 0 Å². The van der Waals surface area contributed by atoms with E-state index in [-0.39, 0.29) is 0 Å². The molecule has 0 bridgehead atoms.